The Morgan fingerprint density at radius 2 is 2.23 bits per heavy atom. The van der Waals surface area contributed by atoms with Crippen molar-refractivity contribution in [1.82, 2.24) is 10.2 Å². The van der Waals surface area contributed by atoms with Crippen molar-refractivity contribution in [1.29, 1.82) is 0 Å². The number of nitrogens with one attached hydrogen (secondary N) is 1. The van der Waals surface area contributed by atoms with E-state index in [2.05, 4.69) is 38.0 Å². The van der Waals surface area contributed by atoms with Gasteiger partial charge in [-0.05, 0) is 45.8 Å². The largest absolute Gasteiger partial charge is 0.316 e. The normalized spacial score (nSPS) is 32.1. The third-order valence-electron chi connectivity index (χ3n) is 3.55. The van der Waals surface area contributed by atoms with E-state index in [4.69, 9.17) is 0 Å². The highest BCUT2D eigenvalue weighted by Crippen LogP contribution is 2.19. The molecule has 2 nitrogen and oxygen atoms in total. The minimum atomic E-state index is 0.727. The Hall–Kier alpha value is -0.0800. The van der Waals surface area contributed by atoms with Crippen molar-refractivity contribution in [3.05, 3.63) is 0 Å². The first-order valence-electron chi connectivity index (χ1n) is 5.59. The van der Waals surface area contributed by atoms with Gasteiger partial charge in [0.1, 0.15) is 0 Å². The van der Waals surface area contributed by atoms with Crippen LogP contribution in [0.15, 0.2) is 0 Å². The molecule has 13 heavy (non-hydrogen) atoms. The molecule has 1 N–H and O–H groups in total. The molecule has 0 amide bonds. The summed E-state index contributed by atoms with van der Waals surface area (Å²) in [5.41, 5.74) is 0. The van der Waals surface area contributed by atoms with Gasteiger partial charge < -0.3 is 10.2 Å². The molecule has 3 unspecified atom stereocenters. The first-order valence-corrected chi connectivity index (χ1v) is 5.59. The van der Waals surface area contributed by atoms with E-state index in [0.717, 1.165) is 18.0 Å². The van der Waals surface area contributed by atoms with Gasteiger partial charge in [0.05, 0.1) is 0 Å². The Kier molecular flexibility index (Phi) is 4.20. The van der Waals surface area contributed by atoms with Crippen molar-refractivity contribution in [2.45, 2.75) is 45.7 Å². The highest BCUT2D eigenvalue weighted by Gasteiger charge is 2.26. The molecule has 1 saturated heterocycles. The van der Waals surface area contributed by atoms with Gasteiger partial charge in [-0.2, -0.15) is 0 Å². The zero-order chi connectivity index (χ0) is 9.84. The molecule has 2 heteroatoms. The summed E-state index contributed by atoms with van der Waals surface area (Å²) in [6, 6.07) is 1.52. The molecular weight excluding hydrogens is 160 g/mol. The third-order valence-corrected chi connectivity index (χ3v) is 3.55. The molecule has 78 valence electrons. The van der Waals surface area contributed by atoms with Crippen molar-refractivity contribution in [3.63, 3.8) is 0 Å². The summed E-state index contributed by atoms with van der Waals surface area (Å²) in [4.78, 5) is 2.56. The summed E-state index contributed by atoms with van der Waals surface area (Å²) in [6.07, 6.45) is 2.56. The quantitative estimate of drug-likeness (QED) is 0.718. The van der Waals surface area contributed by atoms with E-state index in [-0.39, 0.29) is 0 Å². The minimum absolute atomic E-state index is 0.727. The van der Waals surface area contributed by atoms with Gasteiger partial charge in [0.25, 0.3) is 0 Å². The zero-order valence-corrected chi connectivity index (χ0v) is 9.51. The van der Waals surface area contributed by atoms with Crippen LogP contribution in [0, 0.1) is 5.92 Å². The van der Waals surface area contributed by atoms with Crippen LogP contribution in [0.5, 0.6) is 0 Å². The molecule has 0 radical (unpaired) electrons. The van der Waals surface area contributed by atoms with Crippen LogP contribution in [0.3, 0.4) is 0 Å². The number of hydrogen-bond donors (Lipinski definition) is 1. The Balaban J connectivity index is 2.47. The maximum absolute atomic E-state index is 3.45. The molecule has 1 rings (SSSR count). The molecule has 0 bridgehead atoms. The second-order valence-electron chi connectivity index (χ2n) is 4.46. The Morgan fingerprint density at radius 3 is 2.77 bits per heavy atom. The fourth-order valence-electron chi connectivity index (χ4n) is 2.22. The van der Waals surface area contributed by atoms with Gasteiger partial charge in [0.15, 0.2) is 0 Å². The van der Waals surface area contributed by atoms with Crippen LogP contribution >= 0.6 is 0 Å². The zero-order valence-electron chi connectivity index (χ0n) is 9.51. The highest BCUT2D eigenvalue weighted by molar-refractivity contribution is 4.83. The number of piperidine rings is 1. The van der Waals surface area contributed by atoms with E-state index < -0.39 is 0 Å². The molecular formula is C11H24N2. The lowest BCUT2D eigenvalue weighted by Gasteiger charge is -2.39. The topological polar surface area (TPSA) is 15.3 Å². The van der Waals surface area contributed by atoms with E-state index in [1.54, 1.807) is 0 Å². The van der Waals surface area contributed by atoms with E-state index in [0.29, 0.717) is 0 Å². The van der Waals surface area contributed by atoms with Crippen LogP contribution in [0.4, 0.5) is 0 Å². The summed E-state index contributed by atoms with van der Waals surface area (Å²) in [5, 5.41) is 3.45. The molecule has 0 saturated carbocycles. The summed E-state index contributed by atoms with van der Waals surface area (Å²) >= 11 is 0. The lowest BCUT2D eigenvalue weighted by molar-refractivity contribution is 0.109. The highest BCUT2D eigenvalue weighted by atomic mass is 15.2. The Bertz CT molecular complexity index is 147. The van der Waals surface area contributed by atoms with Crippen LogP contribution in [0.2, 0.25) is 0 Å². The van der Waals surface area contributed by atoms with Crippen molar-refractivity contribution >= 4 is 0 Å². The molecule has 1 fully saturated rings. The van der Waals surface area contributed by atoms with Crippen LogP contribution in [-0.2, 0) is 0 Å². The van der Waals surface area contributed by atoms with Gasteiger partial charge in [0, 0.05) is 12.1 Å². The van der Waals surface area contributed by atoms with Crippen molar-refractivity contribution in [2.24, 2.45) is 5.92 Å². The summed E-state index contributed by atoms with van der Waals surface area (Å²) in [7, 11) is 2.28. The average Bonchev–Trinajstić information content (AvgIpc) is 2.16. The smallest absolute Gasteiger partial charge is 0.0145 e. The first-order chi connectivity index (χ1) is 6.16. The molecule has 1 aliphatic rings. The van der Waals surface area contributed by atoms with E-state index in [1.807, 2.05) is 0 Å². The maximum Gasteiger partial charge on any atom is 0.0145 e. The van der Waals surface area contributed by atoms with E-state index in [1.165, 1.54) is 25.9 Å². The predicted octanol–water partition coefficient (Wildman–Crippen LogP) is 1.71. The standard InChI is InChI=1S/C11H24N2/c1-5-10(3)13(4)11-6-7-12-8-9(11)2/h9-12H,5-8H2,1-4H3. The molecule has 0 aromatic rings. The minimum Gasteiger partial charge on any atom is -0.316 e. The summed E-state index contributed by atoms with van der Waals surface area (Å²) in [6.45, 7) is 9.33. The fourth-order valence-corrected chi connectivity index (χ4v) is 2.22. The summed E-state index contributed by atoms with van der Waals surface area (Å²) < 4.78 is 0. The van der Waals surface area contributed by atoms with Crippen LogP contribution < -0.4 is 5.32 Å². The molecule has 0 aromatic heterocycles. The number of nitrogens with zero attached hydrogens (tertiary/aromatic N) is 1. The fraction of sp³-hybridized carbons (Fsp3) is 1.00. The van der Waals surface area contributed by atoms with Gasteiger partial charge in [-0.3, -0.25) is 0 Å². The second kappa shape index (κ2) is 4.97. The number of hydrogen-bond acceptors (Lipinski definition) is 2. The van der Waals surface area contributed by atoms with Crippen LogP contribution in [0.1, 0.15) is 33.6 Å². The lowest BCUT2D eigenvalue weighted by atomic mass is 9.93. The SMILES string of the molecule is CCC(C)N(C)C1CCNCC1C. The molecule has 0 aromatic carbocycles. The maximum atomic E-state index is 3.45. The van der Waals surface area contributed by atoms with Crippen molar-refractivity contribution in [2.75, 3.05) is 20.1 Å². The lowest BCUT2D eigenvalue weighted by Crippen LogP contribution is -2.49. The predicted molar refractivity (Wildman–Crippen MR) is 58.0 cm³/mol. The van der Waals surface area contributed by atoms with Crippen molar-refractivity contribution in [3.8, 4) is 0 Å². The average molecular weight is 184 g/mol. The van der Waals surface area contributed by atoms with Crippen LogP contribution in [-0.4, -0.2) is 37.1 Å². The van der Waals surface area contributed by atoms with Gasteiger partial charge in [-0.25, -0.2) is 0 Å². The van der Waals surface area contributed by atoms with Gasteiger partial charge in [0.2, 0.25) is 0 Å². The number of rotatable bonds is 3. The molecule has 1 heterocycles. The Morgan fingerprint density at radius 1 is 1.54 bits per heavy atom. The van der Waals surface area contributed by atoms with Gasteiger partial charge in [-0.15, -0.1) is 0 Å². The van der Waals surface area contributed by atoms with Gasteiger partial charge >= 0.3 is 0 Å². The second-order valence-corrected chi connectivity index (χ2v) is 4.46. The van der Waals surface area contributed by atoms with Crippen molar-refractivity contribution < 1.29 is 0 Å². The molecule has 0 spiro atoms. The first kappa shape index (κ1) is 11.0. The monoisotopic (exact) mass is 184 g/mol. The molecule has 3 atom stereocenters. The van der Waals surface area contributed by atoms with E-state index in [9.17, 15) is 0 Å². The molecule has 0 aliphatic carbocycles. The Labute approximate surface area is 82.7 Å². The molecule has 1 aliphatic heterocycles. The van der Waals surface area contributed by atoms with E-state index >= 15 is 0 Å². The van der Waals surface area contributed by atoms with Gasteiger partial charge in [-0.1, -0.05) is 13.8 Å². The van der Waals surface area contributed by atoms with Crippen LogP contribution in [0.25, 0.3) is 0 Å². The third kappa shape index (κ3) is 2.68. The summed E-state index contributed by atoms with van der Waals surface area (Å²) in [5.74, 6) is 0.799.